The number of anilines is 1. The molecule has 72 valence electrons. The molecule has 0 aliphatic heterocycles. The summed E-state index contributed by atoms with van der Waals surface area (Å²) in [6, 6.07) is 3.82. The summed E-state index contributed by atoms with van der Waals surface area (Å²) in [4.78, 5) is 12.7. The highest BCUT2D eigenvalue weighted by Gasteiger charge is 2.32. The van der Waals surface area contributed by atoms with Crippen LogP contribution in [0, 0.1) is 0 Å². The lowest BCUT2D eigenvalue weighted by atomic mass is 10.0. The molecule has 0 unspecified atom stereocenters. The summed E-state index contributed by atoms with van der Waals surface area (Å²) in [6.45, 7) is 3.38. The van der Waals surface area contributed by atoms with E-state index in [9.17, 15) is 4.79 Å². The Bertz CT molecular complexity index is 293. The SMILES string of the molecule is CN(c1cccs1)C(C)(C)C(=O)O. The first kappa shape index (κ1) is 10.1. The second-order valence-electron chi connectivity index (χ2n) is 3.37. The van der Waals surface area contributed by atoms with Crippen LogP contribution in [0.1, 0.15) is 13.8 Å². The van der Waals surface area contributed by atoms with Crippen molar-refractivity contribution >= 4 is 22.3 Å². The normalized spacial score (nSPS) is 11.3. The van der Waals surface area contributed by atoms with Crippen molar-refractivity contribution in [1.29, 1.82) is 0 Å². The van der Waals surface area contributed by atoms with Gasteiger partial charge in [0, 0.05) is 7.05 Å². The number of hydrogen-bond donors (Lipinski definition) is 1. The third-order valence-electron chi connectivity index (χ3n) is 2.20. The van der Waals surface area contributed by atoms with Gasteiger partial charge in [0.25, 0.3) is 0 Å². The first-order valence-electron chi connectivity index (χ1n) is 3.97. The summed E-state index contributed by atoms with van der Waals surface area (Å²) in [5.74, 6) is -0.816. The van der Waals surface area contributed by atoms with Crippen molar-refractivity contribution in [2.45, 2.75) is 19.4 Å². The molecule has 1 N–H and O–H groups in total. The summed E-state index contributed by atoms with van der Waals surface area (Å²) in [6.07, 6.45) is 0. The van der Waals surface area contributed by atoms with Crippen molar-refractivity contribution in [2.75, 3.05) is 11.9 Å². The first-order chi connectivity index (χ1) is 5.96. The van der Waals surface area contributed by atoms with E-state index < -0.39 is 11.5 Å². The molecule has 1 rings (SSSR count). The molecule has 0 aromatic carbocycles. The van der Waals surface area contributed by atoms with Crippen LogP contribution >= 0.6 is 11.3 Å². The lowest BCUT2D eigenvalue weighted by Crippen LogP contribution is -2.47. The third-order valence-corrected chi connectivity index (χ3v) is 3.14. The summed E-state index contributed by atoms with van der Waals surface area (Å²) < 4.78 is 0. The molecule has 13 heavy (non-hydrogen) atoms. The van der Waals surface area contributed by atoms with E-state index in [0.717, 1.165) is 5.00 Å². The highest BCUT2D eigenvalue weighted by Crippen LogP contribution is 2.26. The maximum Gasteiger partial charge on any atom is 0.328 e. The fraction of sp³-hybridized carbons (Fsp3) is 0.444. The second-order valence-corrected chi connectivity index (χ2v) is 4.30. The monoisotopic (exact) mass is 199 g/mol. The van der Waals surface area contributed by atoms with Crippen molar-refractivity contribution in [1.82, 2.24) is 0 Å². The minimum Gasteiger partial charge on any atom is -0.480 e. The number of aliphatic carboxylic acids is 1. The van der Waals surface area contributed by atoms with Crippen LogP contribution in [0.5, 0.6) is 0 Å². The zero-order valence-electron chi connectivity index (χ0n) is 7.94. The minimum atomic E-state index is -0.856. The number of nitrogens with zero attached hydrogens (tertiary/aromatic N) is 1. The van der Waals surface area contributed by atoms with Crippen LogP contribution < -0.4 is 4.90 Å². The molecule has 0 bridgehead atoms. The van der Waals surface area contributed by atoms with Crippen molar-refractivity contribution in [3.8, 4) is 0 Å². The number of carbonyl (C=O) groups is 1. The number of rotatable bonds is 3. The van der Waals surface area contributed by atoms with Crippen molar-refractivity contribution in [2.24, 2.45) is 0 Å². The quantitative estimate of drug-likeness (QED) is 0.810. The van der Waals surface area contributed by atoms with E-state index in [1.165, 1.54) is 11.3 Å². The van der Waals surface area contributed by atoms with Crippen LogP contribution in [0.15, 0.2) is 17.5 Å². The molecule has 0 amide bonds. The van der Waals surface area contributed by atoms with E-state index >= 15 is 0 Å². The van der Waals surface area contributed by atoms with Gasteiger partial charge in [0.05, 0.1) is 5.00 Å². The lowest BCUT2D eigenvalue weighted by Gasteiger charge is -2.32. The molecule has 0 radical (unpaired) electrons. The molecule has 0 spiro atoms. The van der Waals surface area contributed by atoms with Crippen molar-refractivity contribution < 1.29 is 9.90 Å². The van der Waals surface area contributed by atoms with Crippen LogP contribution in [-0.4, -0.2) is 23.7 Å². The van der Waals surface area contributed by atoms with E-state index in [1.807, 2.05) is 17.5 Å². The van der Waals surface area contributed by atoms with Crippen molar-refractivity contribution in [3.05, 3.63) is 17.5 Å². The Morgan fingerprint density at radius 3 is 2.62 bits per heavy atom. The number of likely N-dealkylation sites (N-methyl/N-ethyl adjacent to an activating group) is 1. The Morgan fingerprint density at radius 1 is 1.62 bits per heavy atom. The molecule has 0 aliphatic rings. The van der Waals surface area contributed by atoms with Crippen LogP contribution in [-0.2, 0) is 4.79 Å². The average Bonchev–Trinajstić information content (AvgIpc) is 2.54. The molecule has 0 saturated heterocycles. The molecule has 1 aromatic heterocycles. The smallest absolute Gasteiger partial charge is 0.328 e. The molecular weight excluding hydrogens is 186 g/mol. The highest BCUT2D eigenvalue weighted by molar-refractivity contribution is 7.14. The molecular formula is C9H13NO2S. The molecule has 0 fully saturated rings. The maximum atomic E-state index is 10.9. The zero-order chi connectivity index (χ0) is 10.1. The van der Waals surface area contributed by atoms with Gasteiger partial charge in [-0.05, 0) is 31.4 Å². The molecule has 0 saturated carbocycles. The Hall–Kier alpha value is -1.03. The molecule has 0 atom stereocenters. The number of carboxylic acids is 1. The van der Waals surface area contributed by atoms with E-state index in [1.54, 1.807) is 25.8 Å². The Morgan fingerprint density at radius 2 is 2.23 bits per heavy atom. The van der Waals surface area contributed by atoms with Gasteiger partial charge in [-0.1, -0.05) is 0 Å². The standard InChI is InChI=1S/C9H13NO2S/c1-9(2,8(11)12)10(3)7-5-4-6-13-7/h4-6H,1-3H3,(H,11,12). The van der Waals surface area contributed by atoms with E-state index in [-0.39, 0.29) is 0 Å². The predicted molar refractivity (Wildman–Crippen MR) is 54.4 cm³/mol. The topological polar surface area (TPSA) is 40.5 Å². The predicted octanol–water partition coefficient (Wildman–Crippen LogP) is 2.05. The Labute approximate surface area is 81.6 Å². The summed E-state index contributed by atoms with van der Waals surface area (Å²) in [7, 11) is 1.79. The summed E-state index contributed by atoms with van der Waals surface area (Å²) in [5, 5.41) is 11.9. The fourth-order valence-corrected chi connectivity index (χ4v) is 1.72. The molecule has 1 heterocycles. The average molecular weight is 199 g/mol. The maximum absolute atomic E-state index is 10.9. The van der Waals surface area contributed by atoms with Gasteiger partial charge in [0.1, 0.15) is 5.54 Å². The molecule has 4 heteroatoms. The van der Waals surface area contributed by atoms with E-state index in [0.29, 0.717) is 0 Å². The number of thiophene rings is 1. The van der Waals surface area contributed by atoms with Gasteiger partial charge in [-0.15, -0.1) is 11.3 Å². The zero-order valence-corrected chi connectivity index (χ0v) is 8.76. The lowest BCUT2D eigenvalue weighted by molar-refractivity contribution is -0.141. The first-order valence-corrected chi connectivity index (χ1v) is 4.85. The summed E-state index contributed by atoms with van der Waals surface area (Å²) >= 11 is 1.54. The van der Waals surface area contributed by atoms with Gasteiger partial charge in [-0.25, -0.2) is 4.79 Å². The largest absolute Gasteiger partial charge is 0.480 e. The minimum absolute atomic E-state index is 0.816. The van der Waals surface area contributed by atoms with Crippen LogP contribution in [0.3, 0.4) is 0 Å². The van der Waals surface area contributed by atoms with Crippen LogP contribution in [0.2, 0.25) is 0 Å². The second kappa shape index (κ2) is 3.38. The summed E-state index contributed by atoms with van der Waals surface area (Å²) in [5.41, 5.74) is -0.856. The Balaban J connectivity index is 2.90. The molecule has 0 aliphatic carbocycles. The van der Waals surface area contributed by atoms with Gasteiger partial charge < -0.3 is 10.0 Å². The highest BCUT2D eigenvalue weighted by atomic mass is 32.1. The van der Waals surface area contributed by atoms with E-state index in [2.05, 4.69) is 0 Å². The number of carboxylic acid groups (broad SMARTS) is 1. The third kappa shape index (κ3) is 1.83. The van der Waals surface area contributed by atoms with Crippen LogP contribution in [0.4, 0.5) is 5.00 Å². The van der Waals surface area contributed by atoms with Crippen LogP contribution in [0.25, 0.3) is 0 Å². The Kier molecular flexibility index (Phi) is 2.61. The molecule has 3 nitrogen and oxygen atoms in total. The van der Waals surface area contributed by atoms with Gasteiger partial charge in [-0.3, -0.25) is 0 Å². The van der Waals surface area contributed by atoms with Gasteiger partial charge in [-0.2, -0.15) is 0 Å². The molecule has 1 aromatic rings. The van der Waals surface area contributed by atoms with Gasteiger partial charge >= 0.3 is 5.97 Å². The van der Waals surface area contributed by atoms with Crippen molar-refractivity contribution in [3.63, 3.8) is 0 Å². The van der Waals surface area contributed by atoms with E-state index in [4.69, 9.17) is 5.11 Å². The fourth-order valence-electron chi connectivity index (χ4n) is 0.880. The number of hydrogen-bond acceptors (Lipinski definition) is 3. The van der Waals surface area contributed by atoms with Gasteiger partial charge in [0.15, 0.2) is 0 Å². The van der Waals surface area contributed by atoms with Gasteiger partial charge in [0.2, 0.25) is 0 Å².